The van der Waals surface area contributed by atoms with E-state index in [1.165, 1.54) is 38.9 Å². The predicted molar refractivity (Wildman–Crippen MR) is 49.3 cm³/mol. The highest BCUT2D eigenvalue weighted by Crippen LogP contribution is 2.06. The second-order valence-electron chi connectivity index (χ2n) is 3.01. The maximum Gasteiger partial charge on any atom is 0.300 e. The van der Waals surface area contributed by atoms with Gasteiger partial charge in [0, 0.05) is 6.92 Å². The third-order valence-corrected chi connectivity index (χ3v) is 1.90. The number of piperidine rings is 1. The summed E-state index contributed by atoms with van der Waals surface area (Å²) in [4.78, 5) is 11.5. The van der Waals surface area contributed by atoms with Gasteiger partial charge in [-0.15, -0.1) is 0 Å². The van der Waals surface area contributed by atoms with Crippen molar-refractivity contribution in [2.45, 2.75) is 33.1 Å². The lowest BCUT2D eigenvalue weighted by molar-refractivity contribution is -0.134. The molecule has 0 amide bonds. The van der Waals surface area contributed by atoms with Gasteiger partial charge in [0.25, 0.3) is 5.97 Å². The Hall–Kier alpha value is -0.570. The number of hydrogen-bond donors (Lipinski definition) is 1. The molecule has 0 saturated carbocycles. The SMILES string of the molecule is CC(=O)O.CCN1CCCCC1. The van der Waals surface area contributed by atoms with Gasteiger partial charge in [0.2, 0.25) is 0 Å². The molecule has 0 aromatic carbocycles. The summed E-state index contributed by atoms with van der Waals surface area (Å²) < 4.78 is 0. The number of nitrogens with zero attached hydrogens (tertiary/aromatic N) is 1. The third-order valence-electron chi connectivity index (χ3n) is 1.90. The van der Waals surface area contributed by atoms with E-state index in [4.69, 9.17) is 9.90 Å². The van der Waals surface area contributed by atoms with Crippen LogP contribution in [0, 0.1) is 0 Å². The molecule has 0 atom stereocenters. The number of carboxylic acids is 1. The summed E-state index contributed by atoms with van der Waals surface area (Å²) in [5.74, 6) is -0.833. The zero-order chi connectivity index (χ0) is 9.40. The van der Waals surface area contributed by atoms with Gasteiger partial charge in [-0.2, -0.15) is 0 Å². The summed E-state index contributed by atoms with van der Waals surface area (Å²) in [5.41, 5.74) is 0. The molecule has 1 heterocycles. The van der Waals surface area contributed by atoms with E-state index in [9.17, 15) is 0 Å². The molecule has 1 aliphatic rings. The Morgan fingerprint density at radius 1 is 1.33 bits per heavy atom. The normalized spacial score (nSPS) is 17.8. The van der Waals surface area contributed by atoms with Crippen LogP contribution in [0.15, 0.2) is 0 Å². The van der Waals surface area contributed by atoms with Gasteiger partial charge in [-0.1, -0.05) is 13.3 Å². The van der Waals surface area contributed by atoms with Gasteiger partial charge in [0.15, 0.2) is 0 Å². The standard InChI is InChI=1S/C7H15N.C2H4O2/c1-2-8-6-4-3-5-7-8;1-2(3)4/h2-7H2,1H3;1H3,(H,3,4). The molecule has 1 rings (SSSR count). The Balaban J connectivity index is 0.000000261. The highest BCUT2D eigenvalue weighted by Gasteiger charge is 2.05. The number of likely N-dealkylation sites (tertiary alicyclic amines) is 1. The smallest absolute Gasteiger partial charge is 0.300 e. The van der Waals surface area contributed by atoms with Crippen molar-refractivity contribution in [3.8, 4) is 0 Å². The minimum Gasteiger partial charge on any atom is -0.481 e. The van der Waals surface area contributed by atoms with Crippen LogP contribution in [-0.2, 0) is 4.79 Å². The number of carbonyl (C=O) groups is 1. The van der Waals surface area contributed by atoms with Gasteiger partial charge in [-0.3, -0.25) is 4.79 Å². The van der Waals surface area contributed by atoms with Gasteiger partial charge >= 0.3 is 0 Å². The van der Waals surface area contributed by atoms with Crippen LogP contribution in [0.3, 0.4) is 0 Å². The lowest BCUT2D eigenvalue weighted by atomic mass is 10.1. The zero-order valence-electron chi connectivity index (χ0n) is 8.05. The van der Waals surface area contributed by atoms with Crippen LogP contribution in [-0.4, -0.2) is 35.6 Å². The minimum absolute atomic E-state index is 0.833. The predicted octanol–water partition coefficient (Wildman–Crippen LogP) is 1.58. The van der Waals surface area contributed by atoms with Crippen molar-refractivity contribution in [1.29, 1.82) is 0 Å². The van der Waals surface area contributed by atoms with E-state index < -0.39 is 5.97 Å². The van der Waals surface area contributed by atoms with E-state index in [-0.39, 0.29) is 0 Å². The molecule has 1 fully saturated rings. The highest BCUT2D eigenvalue weighted by atomic mass is 16.4. The van der Waals surface area contributed by atoms with Crippen LogP contribution in [0.2, 0.25) is 0 Å². The summed E-state index contributed by atoms with van der Waals surface area (Å²) in [5, 5.41) is 7.42. The monoisotopic (exact) mass is 173 g/mol. The van der Waals surface area contributed by atoms with Crippen molar-refractivity contribution in [1.82, 2.24) is 4.90 Å². The van der Waals surface area contributed by atoms with E-state index in [0.717, 1.165) is 6.92 Å². The molecule has 3 heteroatoms. The molecule has 3 nitrogen and oxygen atoms in total. The quantitative estimate of drug-likeness (QED) is 0.654. The lowest BCUT2D eigenvalue weighted by Gasteiger charge is -2.24. The molecule has 1 N–H and O–H groups in total. The first-order valence-corrected chi connectivity index (χ1v) is 4.58. The van der Waals surface area contributed by atoms with Gasteiger partial charge < -0.3 is 10.0 Å². The van der Waals surface area contributed by atoms with E-state index in [0.29, 0.717) is 0 Å². The van der Waals surface area contributed by atoms with Crippen LogP contribution < -0.4 is 0 Å². The zero-order valence-corrected chi connectivity index (χ0v) is 8.05. The van der Waals surface area contributed by atoms with Gasteiger partial charge in [0.05, 0.1) is 0 Å². The molecule has 0 aromatic heterocycles. The third kappa shape index (κ3) is 7.54. The van der Waals surface area contributed by atoms with Crippen molar-refractivity contribution >= 4 is 5.97 Å². The summed E-state index contributed by atoms with van der Waals surface area (Å²) in [6.07, 6.45) is 4.30. The van der Waals surface area contributed by atoms with E-state index in [1.54, 1.807) is 0 Å². The molecule has 0 spiro atoms. The van der Waals surface area contributed by atoms with Crippen LogP contribution in [0.4, 0.5) is 0 Å². The first-order valence-electron chi connectivity index (χ1n) is 4.58. The van der Waals surface area contributed by atoms with Gasteiger partial charge in [-0.05, 0) is 32.5 Å². The van der Waals surface area contributed by atoms with Gasteiger partial charge in [0.1, 0.15) is 0 Å². The fourth-order valence-electron chi connectivity index (χ4n) is 1.28. The molecule has 0 bridgehead atoms. The maximum atomic E-state index is 9.00. The molecular formula is C9H19NO2. The van der Waals surface area contributed by atoms with Crippen LogP contribution in [0.1, 0.15) is 33.1 Å². The second kappa shape index (κ2) is 7.10. The van der Waals surface area contributed by atoms with Crippen molar-refractivity contribution in [3.63, 3.8) is 0 Å². The topological polar surface area (TPSA) is 40.5 Å². The molecule has 1 aliphatic heterocycles. The molecule has 0 radical (unpaired) electrons. The second-order valence-corrected chi connectivity index (χ2v) is 3.01. The molecule has 0 unspecified atom stereocenters. The minimum atomic E-state index is -0.833. The van der Waals surface area contributed by atoms with Crippen LogP contribution in [0.5, 0.6) is 0 Å². The van der Waals surface area contributed by atoms with Crippen molar-refractivity contribution in [2.24, 2.45) is 0 Å². The van der Waals surface area contributed by atoms with Crippen molar-refractivity contribution < 1.29 is 9.90 Å². The molecule has 0 aromatic rings. The summed E-state index contributed by atoms with van der Waals surface area (Å²) >= 11 is 0. The summed E-state index contributed by atoms with van der Waals surface area (Å²) in [6, 6.07) is 0. The molecule has 1 saturated heterocycles. The first kappa shape index (κ1) is 11.4. The number of aliphatic carboxylic acids is 1. The van der Waals surface area contributed by atoms with E-state index in [2.05, 4.69) is 11.8 Å². The average molecular weight is 173 g/mol. The summed E-state index contributed by atoms with van der Waals surface area (Å²) in [7, 11) is 0. The fraction of sp³-hybridized carbons (Fsp3) is 0.889. The Labute approximate surface area is 74.4 Å². The largest absolute Gasteiger partial charge is 0.481 e. The Morgan fingerprint density at radius 2 is 1.75 bits per heavy atom. The fourth-order valence-corrected chi connectivity index (χ4v) is 1.28. The number of carboxylic acid groups (broad SMARTS) is 1. The summed E-state index contributed by atoms with van der Waals surface area (Å²) in [6.45, 7) is 7.26. The number of rotatable bonds is 1. The van der Waals surface area contributed by atoms with Crippen LogP contribution in [0.25, 0.3) is 0 Å². The first-order chi connectivity index (χ1) is 5.66. The Kier molecular flexibility index (Phi) is 6.76. The molecular weight excluding hydrogens is 154 g/mol. The highest BCUT2D eigenvalue weighted by molar-refractivity contribution is 5.62. The maximum absolute atomic E-state index is 9.00. The Morgan fingerprint density at radius 3 is 2.00 bits per heavy atom. The molecule has 72 valence electrons. The van der Waals surface area contributed by atoms with Crippen molar-refractivity contribution in [3.05, 3.63) is 0 Å². The molecule has 0 aliphatic carbocycles. The number of hydrogen-bond acceptors (Lipinski definition) is 2. The van der Waals surface area contributed by atoms with E-state index >= 15 is 0 Å². The average Bonchev–Trinajstić information content (AvgIpc) is 2.05. The van der Waals surface area contributed by atoms with Crippen LogP contribution >= 0.6 is 0 Å². The Bertz CT molecular complexity index is 116. The molecule has 12 heavy (non-hydrogen) atoms. The van der Waals surface area contributed by atoms with Gasteiger partial charge in [-0.25, -0.2) is 0 Å². The van der Waals surface area contributed by atoms with E-state index in [1.807, 2.05) is 0 Å². The van der Waals surface area contributed by atoms with Crippen molar-refractivity contribution in [2.75, 3.05) is 19.6 Å². The lowest BCUT2D eigenvalue weighted by Crippen LogP contribution is -2.29.